The molecule has 178 valence electrons. The summed E-state index contributed by atoms with van der Waals surface area (Å²) in [5.74, 6) is -0.240. The largest absolute Gasteiger partial charge is 0.416 e. The van der Waals surface area contributed by atoms with Crippen molar-refractivity contribution in [3.05, 3.63) is 76.6 Å². The highest BCUT2D eigenvalue weighted by molar-refractivity contribution is 7.99. The Labute approximate surface area is 198 Å². The number of para-hydroxylation sites is 1. The standard InChI is InChI=1S/C23H22F3N5O2S/c24-23(25,26)16-5-4-8-18(13-16)31-19(27)14-20(32)28-22(31)34-15-21(33)30-11-9-29(10-12-30)17-6-2-1-3-7-17/h1-8,13-14H,9-12,15,27H2. The third-order valence-corrected chi connectivity index (χ3v) is 6.36. The van der Waals surface area contributed by atoms with Gasteiger partial charge in [-0.25, -0.2) is 0 Å². The van der Waals surface area contributed by atoms with Crippen LogP contribution in [0.4, 0.5) is 24.7 Å². The maximum atomic E-state index is 13.2. The van der Waals surface area contributed by atoms with Crippen molar-refractivity contribution >= 4 is 29.2 Å². The van der Waals surface area contributed by atoms with E-state index in [0.29, 0.717) is 26.2 Å². The van der Waals surface area contributed by atoms with Crippen molar-refractivity contribution < 1.29 is 18.0 Å². The van der Waals surface area contributed by atoms with Gasteiger partial charge in [-0.1, -0.05) is 36.0 Å². The monoisotopic (exact) mass is 489 g/mol. The lowest BCUT2D eigenvalue weighted by molar-refractivity contribution is -0.137. The Hall–Kier alpha value is -3.47. The molecule has 0 bridgehead atoms. The number of benzene rings is 2. The number of amides is 1. The fourth-order valence-electron chi connectivity index (χ4n) is 3.73. The highest BCUT2D eigenvalue weighted by Crippen LogP contribution is 2.32. The first kappa shape index (κ1) is 23.7. The zero-order chi connectivity index (χ0) is 24.3. The normalized spacial score (nSPS) is 14.3. The van der Waals surface area contributed by atoms with E-state index in [1.54, 1.807) is 4.90 Å². The van der Waals surface area contributed by atoms with Gasteiger partial charge in [0.25, 0.3) is 5.56 Å². The lowest BCUT2D eigenvalue weighted by Crippen LogP contribution is -2.49. The molecule has 0 spiro atoms. The van der Waals surface area contributed by atoms with Gasteiger partial charge in [0.05, 0.1) is 17.0 Å². The van der Waals surface area contributed by atoms with Crippen molar-refractivity contribution in [2.45, 2.75) is 11.3 Å². The average Bonchev–Trinajstić information content (AvgIpc) is 2.82. The number of hydrogen-bond donors (Lipinski definition) is 1. The first-order valence-electron chi connectivity index (χ1n) is 10.5. The van der Waals surface area contributed by atoms with Crippen LogP contribution in [0.25, 0.3) is 5.69 Å². The summed E-state index contributed by atoms with van der Waals surface area (Å²) in [6.45, 7) is 2.45. The van der Waals surface area contributed by atoms with E-state index in [9.17, 15) is 22.8 Å². The number of nitrogen functional groups attached to an aromatic ring is 1. The van der Waals surface area contributed by atoms with Crippen molar-refractivity contribution in [3.63, 3.8) is 0 Å². The second-order valence-corrected chi connectivity index (χ2v) is 8.62. The molecule has 2 aromatic carbocycles. The van der Waals surface area contributed by atoms with Gasteiger partial charge in [-0.2, -0.15) is 18.2 Å². The summed E-state index contributed by atoms with van der Waals surface area (Å²) in [5, 5.41) is 0.0561. The number of aromatic nitrogens is 2. The molecule has 1 fully saturated rings. The molecule has 3 aromatic rings. The highest BCUT2D eigenvalue weighted by atomic mass is 32.2. The highest BCUT2D eigenvalue weighted by Gasteiger charge is 2.31. The molecule has 2 N–H and O–H groups in total. The first-order valence-corrected chi connectivity index (χ1v) is 11.5. The molecule has 1 saturated heterocycles. The molecular formula is C23H22F3N5O2S. The van der Waals surface area contributed by atoms with Crippen molar-refractivity contribution in [1.82, 2.24) is 14.5 Å². The molecule has 1 aliphatic heterocycles. The second-order valence-electron chi connectivity index (χ2n) is 7.68. The molecule has 0 unspecified atom stereocenters. The van der Waals surface area contributed by atoms with Crippen molar-refractivity contribution in [3.8, 4) is 5.69 Å². The van der Waals surface area contributed by atoms with Gasteiger partial charge in [-0.05, 0) is 30.3 Å². The number of carbonyl (C=O) groups excluding carboxylic acids is 1. The third-order valence-electron chi connectivity index (χ3n) is 5.44. The van der Waals surface area contributed by atoms with Crippen LogP contribution < -0.4 is 16.2 Å². The van der Waals surface area contributed by atoms with E-state index < -0.39 is 17.3 Å². The second kappa shape index (κ2) is 9.80. The SMILES string of the molecule is Nc1cc(=O)nc(SCC(=O)N2CCN(c3ccccc3)CC2)n1-c1cccc(C(F)(F)F)c1. The first-order chi connectivity index (χ1) is 16.2. The van der Waals surface area contributed by atoms with Crippen LogP contribution in [0, 0.1) is 0 Å². The van der Waals surface area contributed by atoms with E-state index in [4.69, 9.17) is 5.73 Å². The summed E-state index contributed by atoms with van der Waals surface area (Å²) in [6, 6.07) is 15.5. The van der Waals surface area contributed by atoms with Gasteiger partial charge in [-0.15, -0.1) is 0 Å². The summed E-state index contributed by atoms with van der Waals surface area (Å²) >= 11 is 0.968. The number of carbonyl (C=O) groups is 1. The Morgan fingerprint density at radius 2 is 1.65 bits per heavy atom. The van der Waals surface area contributed by atoms with Crippen LogP contribution in [0.1, 0.15) is 5.56 Å². The van der Waals surface area contributed by atoms with Crippen LogP contribution in [-0.4, -0.2) is 52.3 Å². The van der Waals surface area contributed by atoms with Crippen molar-refractivity contribution in [1.29, 1.82) is 0 Å². The van der Waals surface area contributed by atoms with Crippen molar-refractivity contribution in [2.24, 2.45) is 0 Å². The predicted octanol–water partition coefficient (Wildman–Crippen LogP) is 3.27. The molecule has 1 aliphatic rings. The molecule has 7 nitrogen and oxygen atoms in total. The number of piperazine rings is 1. The minimum Gasteiger partial charge on any atom is -0.385 e. The minimum absolute atomic E-state index is 0.0276. The number of rotatable bonds is 5. The Morgan fingerprint density at radius 1 is 0.971 bits per heavy atom. The maximum absolute atomic E-state index is 13.2. The number of thioether (sulfide) groups is 1. The number of nitrogens with zero attached hydrogens (tertiary/aromatic N) is 4. The Bertz CT molecular complexity index is 1230. The number of hydrogen-bond acceptors (Lipinski definition) is 6. The predicted molar refractivity (Wildman–Crippen MR) is 125 cm³/mol. The van der Waals surface area contributed by atoms with Gasteiger partial charge >= 0.3 is 6.18 Å². The number of nitrogens with two attached hydrogens (primary N) is 1. The maximum Gasteiger partial charge on any atom is 0.416 e. The fourth-order valence-corrected chi connectivity index (χ4v) is 4.66. The van der Waals surface area contributed by atoms with Crippen LogP contribution in [0.15, 0.2) is 70.6 Å². The topological polar surface area (TPSA) is 84.5 Å². The summed E-state index contributed by atoms with van der Waals surface area (Å²) in [4.78, 5) is 32.6. The number of halogens is 3. The lowest BCUT2D eigenvalue weighted by Gasteiger charge is -2.36. The van der Waals surface area contributed by atoms with Gasteiger partial charge in [0.1, 0.15) is 5.82 Å². The van der Waals surface area contributed by atoms with E-state index in [0.717, 1.165) is 35.6 Å². The van der Waals surface area contributed by atoms with Crippen LogP contribution >= 0.6 is 11.8 Å². The molecule has 1 amide bonds. The summed E-state index contributed by atoms with van der Waals surface area (Å²) in [7, 11) is 0. The van der Waals surface area contributed by atoms with E-state index in [1.165, 1.54) is 16.7 Å². The summed E-state index contributed by atoms with van der Waals surface area (Å²) in [6.07, 6.45) is -4.54. The zero-order valence-corrected chi connectivity index (χ0v) is 18.9. The quantitative estimate of drug-likeness (QED) is 0.438. The van der Waals surface area contributed by atoms with Crippen LogP contribution in [0.3, 0.4) is 0 Å². The molecule has 0 aliphatic carbocycles. The molecule has 34 heavy (non-hydrogen) atoms. The van der Waals surface area contributed by atoms with Gasteiger partial charge in [-0.3, -0.25) is 14.2 Å². The smallest absolute Gasteiger partial charge is 0.385 e. The minimum atomic E-state index is -4.54. The molecule has 0 saturated carbocycles. The number of anilines is 2. The summed E-state index contributed by atoms with van der Waals surface area (Å²) in [5.41, 5.74) is 5.67. The van der Waals surface area contributed by atoms with Crippen LogP contribution in [-0.2, 0) is 11.0 Å². The van der Waals surface area contributed by atoms with E-state index in [-0.39, 0.29) is 28.3 Å². The van der Waals surface area contributed by atoms with Gasteiger partial charge in [0.2, 0.25) is 5.91 Å². The fraction of sp³-hybridized carbons (Fsp3) is 0.261. The van der Waals surface area contributed by atoms with E-state index >= 15 is 0 Å². The third kappa shape index (κ3) is 5.36. The van der Waals surface area contributed by atoms with Crippen LogP contribution in [0.5, 0.6) is 0 Å². The van der Waals surface area contributed by atoms with E-state index in [2.05, 4.69) is 9.88 Å². The molecule has 4 rings (SSSR count). The Kier molecular flexibility index (Phi) is 6.82. The van der Waals surface area contributed by atoms with E-state index in [1.807, 2.05) is 30.3 Å². The van der Waals surface area contributed by atoms with Crippen LogP contribution in [0.2, 0.25) is 0 Å². The Balaban J connectivity index is 1.47. The molecule has 0 radical (unpaired) electrons. The average molecular weight is 490 g/mol. The van der Waals surface area contributed by atoms with Gasteiger partial charge < -0.3 is 15.5 Å². The Morgan fingerprint density at radius 3 is 2.32 bits per heavy atom. The molecular weight excluding hydrogens is 467 g/mol. The summed E-state index contributed by atoms with van der Waals surface area (Å²) < 4.78 is 40.8. The van der Waals surface area contributed by atoms with Gasteiger partial charge in [0, 0.05) is 37.9 Å². The zero-order valence-electron chi connectivity index (χ0n) is 18.0. The molecule has 0 atom stereocenters. The van der Waals surface area contributed by atoms with Crippen molar-refractivity contribution in [2.75, 3.05) is 42.6 Å². The molecule has 1 aromatic heterocycles. The van der Waals surface area contributed by atoms with Gasteiger partial charge in [0.15, 0.2) is 5.16 Å². The molecule has 11 heteroatoms. The lowest BCUT2D eigenvalue weighted by atomic mass is 10.2. The molecule has 2 heterocycles. The number of alkyl halides is 3.